The van der Waals surface area contributed by atoms with Crippen LogP contribution in [-0.4, -0.2) is 159 Å². The molecule has 8 amide bonds. The summed E-state index contributed by atoms with van der Waals surface area (Å²) in [6, 6.07) is -10.0. The van der Waals surface area contributed by atoms with E-state index in [9.17, 15) is 58.5 Å². The number of carbonyl (C=O) groups excluding carboxylic acids is 8. The first-order chi connectivity index (χ1) is 36.8. The number of carbonyl (C=O) groups is 9. The van der Waals surface area contributed by atoms with Crippen molar-refractivity contribution in [2.75, 3.05) is 6.54 Å². The second kappa shape index (κ2) is 40.2. The van der Waals surface area contributed by atoms with E-state index < -0.39 is 140 Å². The summed E-state index contributed by atoms with van der Waals surface area (Å²) < 4.78 is 0. The monoisotopic (exact) mass is 1110 g/mol. The number of unbranched alkanes of at least 4 members (excludes halogenated alkanes) is 12. The number of aliphatic hydroxyl groups is 3. The molecular formula is C53H100N12O13. The molecule has 0 bridgehead atoms. The SMILES string of the molecule is CC(N)CCCCCCCC(N)CCCCCCCC(N)CCCCCCCC(O)CCNC(=O)CC(O)C(NC(=O)C1NC(=O)C(CC(N)=O)NC(=O)C(NC(=O)[C@H](C)NC(=O)CC(N)C(=O)O)CC(=O)NC1C)[C@@H](C)O. The van der Waals surface area contributed by atoms with Crippen LogP contribution in [0.2, 0.25) is 0 Å². The van der Waals surface area contributed by atoms with Crippen LogP contribution in [0.1, 0.15) is 195 Å². The average molecular weight is 1110 g/mol. The van der Waals surface area contributed by atoms with Crippen molar-refractivity contribution in [2.45, 2.75) is 273 Å². The summed E-state index contributed by atoms with van der Waals surface area (Å²) in [5.41, 5.74) is 29.3. The summed E-state index contributed by atoms with van der Waals surface area (Å²) in [7, 11) is 0. The molecule has 0 aliphatic carbocycles. The van der Waals surface area contributed by atoms with Gasteiger partial charge in [-0.3, -0.25) is 43.2 Å². The fraction of sp³-hybridized carbons (Fsp3) is 0.830. The number of hydrogen-bond acceptors (Lipinski definition) is 16. The third kappa shape index (κ3) is 32.8. The number of carboxylic acid groups (broad SMARTS) is 1. The molecule has 0 aromatic rings. The summed E-state index contributed by atoms with van der Waals surface area (Å²) in [4.78, 5) is 115. The Bertz CT molecular complexity index is 1830. The van der Waals surface area contributed by atoms with Crippen molar-refractivity contribution in [3.05, 3.63) is 0 Å². The topological polar surface area (TPSA) is 449 Å². The third-order valence-corrected chi connectivity index (χ3v) is 14.0. The van der Waals surface area contributed by atoms with Crippen LogP contribution in [0, 0.1) is 0 Å². The molecule has 1 rings (SSSR count). The first-order valence-electron chi connectivity index (χ1n) is 28.5. The zero-order valence-electron chi connectivity index (χ0n) is 46.9. The lowest BCUT2D eigenvalue weighted by Crippen LogP contribution is -2.63. The maximum Gasteiger partial charge on any atom is 0.321 e. The number of amides is 8. The molecule has 0 spiro atoms. The number of hydrogen-bond donors (Lipinski definition) is 16. The first kappa shape index (κ1) is 71.0. The van der Waals surface area contributed by atoms with Gasteiger partial charge in [0.2, 0.25) is 47.3 Å². The molecule has 0 aromatic heterocycles. The first-order valence-corrected chi connectivity index (χ1v) is 28.5. The Kier molecular flexibility index (Phi) is 36.5. The number of carboxylic acids is 1. The van der Waals surface area contributed by atoms with Gasteiger partial charge in [-0.05, 0) is 72.6 Å². The second-order valence-electron chi connectivity index (χ2n) is 21.6. The number of rotatable bonds is 41. The van der Waals surface area contributed by atoms with E-state index in [2.05, 4.69) is 44.1 Å². The van der Waals surface area contributed by atoms with Crippen molar-refractivity contribution >= 4 is 53.2 Å². The molecule has 21 N–H and O–H groups in total. The van der Waals surface area contributed by atoms with Gasteiger partial charge in [0.05, 0.1) is 56.1 Å². The molecule has 450 valence electrons. The van der Waals surface area contributed by atoms with E-state index in [4.69, 9.17) is 33.8 Å². The highest BCUT2D eigenvalue weighted by molar-refractivity contribution is 5.99. The van der Waals surface area contributed by atoms with E-state index >= 15 is 0 Å². The van der Waals surface area contributed by atoms with Gasteiger partial charge in [-0.1, -0.05) is 96.3 Å². The Labute approximate surface area is 461 Å². The molecule has 0 saturated carbocycles. The molecule has 1 saturated heterocycles. The molecule has 78 heavy (non-hydrogen) atoms. The van der Waals surface area contributed by atoms with Gasteiger partial charge < -0.3 is 86.3 Å². The van der Waals surface area contributed by atoms with E-state index in [0.29, 0.717) is 18.5 Å². The number of nitrogens with two attached hydrogens (primary N) is 5. The highest BCUT2D eigenvalue weighted by atomic mass is 16.4. The van der Waals surface area contributed by atoms with Crippen molar-refractivity contribution in [1.82, 2.24) is 37.2 Å². The molecule has 25 nitrogen and oxygen atoms in total. The van der Waals surface area contributed by atoms with Crippen molar-refractivity contribution in [3.8, 4) is 0 Å². The minimum Gasteiger partial charge on any atom is -0.480 e. The van der Waals surface area contributed by atoms with Gasteiger partial charge >= 0.3 is 5.97 Å². The van der Waals surface area contributed by atoms with E-state index in [1.54, 1.807) is 0 Å². The van der Waals surface area contributed by atoms with E-state index in [-0.39, 0.29) is 19.0 Å². The fourth-order valence-corrected chi connectivity index (χ4v) is 9.15. The van der Waals surface area contributed by atoms with E-state index in [0.717, 1.165) is 70.6 Å². The summed E-state index contributed by atoms with van der Waals surface area (Å²) in [6.45, 7) is 5.91. The molecule has 25 heteroatoms. The molecule has 1 fully saturated rings. The van der Waals surface area contributed by atoms with Gasteiger partial charge in [0, 0.05) is 24.7 Å². The van der Waals surface area contributed by atoms with Crippen LogP contribution in [0.15, 0.2) is 0 Å². The predicted molar refractivity (Wildman–Crippen MR) is 294 cm³/mol. The zero-order chi connectivity index (χ0) is 58.7. The maximum atomic E-state index is 13.8. The summed E-state index contributed by atoms with van der Waals surface area (Å²) in [5, 5.41) is 57.7. The summed E-state index contributed by atoms with van der Waals surface area (Å²) in [6.07, 6.45) is 16.7. The van der Waals surface area contributed by atoms with Gasteiger partial charge in [-0.2, -0.15) is 0 Å². The lowest BCUT2D eigenvalue weighted by Gasteiger charge is -2.31. The lowest BCUT2D eigenvalue weighted by atomic mass is 9.99. The van der Waals surface area contributed by atoms with Crippen molar-refractivity contribution < 1.29 is 63.6 Å². The Balaban J connectivity index is 2.53. The minimum absolute atomic E-state index is 0.0963. The molecule has 1 aliphatic rings. The number of aliphatic carboxylic acids is 1. The van der Waals surface area contributed by atoms with Crippen LogP contribution >= 0.6 is 0 Å². The molecule has 1 heterocycles. The molecule has 0 radical (unpaired) electrons. The Morgan fingerprint density at radius 2 is 1.13 bits per heavy atom. The van der Waals surface area contributed by atoms with E-state index in [1.807, 2.05) is 0 Å². The summed E-state index contributed by atoms with van der Waals surface area (Å²) in [5.74, 6) is -9.31. The Morgan fingerprint density at radius 3 is 1.62 bits per heavy atom. The largest absolute Gasteiger partial charge is 0.480 e. The van der Waals surface area contributed by atoms with Crippen molar-refractivity contribution in [3.63, 3.8) is 0 Å². The van der Waals surface area contributed by atoms with Crippen molar-refractivity contribution in [2.24, 2.45) is 28.7 Å². The number of primary amides is 1. The van der Waals surface area contributed by atoms with Crippen LogP contribution in [0.4, 0.5) is 0 Å². The van der Waals surface area contributed by atoms with Crippen LogP contribution < -0.4 is 65.9 Å². The highest BCUT2D eigenvalue weighted by Crippen LogP contribution is 2.17. The van der Waals surface area contributed by atoms with Crippen LogP contribution in [0.5, 0.6) is 0 Å². The molecule has 1 aliphatic heterocycles. The van der Waals surface area contributed by atoms with Crippen LogP contribution in [-0.2, 0) is 43.2 Å². The van der Waals surface area contributed by atoms with Crippen molar-refractivity contribution in [1.29, 1.82) is 0 Å². The quantitative estimate of drug-likeness (QED) is 0.0334. The average Bonchev–Trinajstić information content (AvgIpc) is 3.35. The number of aliphatic hydroxyl groups excluding tert-OH is 3. The number of nitrogens with one attached hydrogen (secondary N) is 7. The maximum absolute atomic E-state index is 13.8. The Morgan fingerprint density at radius 1 is 0.628 bits per heavy atom. The van der Waals surface area contributed by atoms with Crippen LogP contribution in [0.25, 0.3) is 0 Å². The van der Waals surface area contributed by atoms with Gasteiger partial charge in [0.25, 0.3) is 0 Å². The Hall–Kier alpha value is -5.05. The highest BCUT2D eigenvalue weighted by Gasteiger charge is 2.38. The van der Waals surface area contributed by atoms with Gasteiger partial charge in [0.1, 0.15) is 30.2 Å². The molecular weight excluding hydrogens is 1010 g/mol. The van der Waals surface area contributed by atoms with E-state index in [1.165, 1.54) is 78.6 Å². The molecule has 0 aromatic carbocycles. The fourth-order valence-electron chi connectivity index (χ4n) is 9.15. The van der Waals surface area contributed by atoms with Crippen LogP contribution in [0.3, 0.4) is 0 Å². The lowest BCUT2D eigenvalue weighted by molar-refractivity contribution is -0.140. The zero-order valence-corrected chi connectivity index (χ0v) is 46.9. The minimum atomic E-state index is -1.75. The van der Waals surface area contributed by atoms with Gasteiger partial charge in [-0.25, -0.2) is 0 Å². The standard InChI is InChI=1S/C53H100N12O13/c1-32(54)20-14-8-5-9-15-21-36(55)22-16-10-6-11-17-23-37(56)24-18-12-7-13-19-25-38(67)26-27-59-44(70)31-42(68)48(35(4)66)65-52(76)47-33(2)60-46(72)30-41(50(74)63-40(29-43(58)69)51(75)64-47)62-49(73)34(3)61-45(71)28-39(57)53(77)78/h32-42,47-48,66-68H,5-31,54-57H2,1-4H3,(H2,58,69)(H,59,70)(H,60,72)(H,61,71)(H,62,73)(H,63,74)(H,64,75)(H,65,76)(H,77,78)/t32?,33?,34-,35+,36?,37?,38?,39?,40?,41?,42?,47?,48?/m0/s1. The normalized spacial score (nSPS) is 20.6. The smallest absolute Gasteiger partial charge is 0.321 e. The molecule has 11 unspecified atom stereocenters. The van der Waals surface area contributed by atoms with Gasteiger partial charge in [0.15, 0.2) is 0 Å². The third-order valence-electron chi connectivity index (χ3n) is 14.0. The second-order valence-corrected chi connectivity index (χ2v) is 21.6. The predicted octanol–water partition coefficient (Wildman–Crippen LogP) is -0.791. The summed E-state index contributed by atoms with van der Waals surface area (Å²) >= 11 is 0. The van der Waals surface area contributed by atoms with Gasteiger partial charge in [-0.15, -0.1) is 0 Å². The molecule has 13 atom stereocenters.